The molecule has 0 spiro atoms. The van der Waals surface area contributed by atoms with Crippen molar-refractivity contribution in [3.8, 4) is 16.1 Å². The Bertz CT molecular complexity index is 1610. The van der Waals surface area contributed by atoms with E-state index >= 15 is 0 Å². The van der Waals surface area contributed by atoms with Gasteiger partial charge in [-0.15, -0.1) is 11.3 Å². The van der Waals surface area contributed by atoms with Crippen molar-refractivity contribution in [3.05, 3.63) is 107 Å². The first-order chi connectivity index (χ1) is 16.3. The summed E-state index contributed by atoms with van der Waals surface area (Å²) in [5, 5.41) is 1.27. The summed E-state index contributed by atoms with van der Waals surface area (Å²) in [5.74, 6) is 1.23. The summed E-state index contributed by atoms with van der Waals surface area (Å²) < 4.78 is 3.59. The van der Waals surface area contributed by atoms with Gasteiger partial charge in [-0.05, 0) is 29.8 Å². The molecule has 33 heavy (non-hydrogen) atoms. The van der Waals surface area contributed by atoms with Crippen LogP contribution in [0.25, 0.3) is 32.1 Å². The van der Waals surface area contributed by atoms with Crippen LogP contribution < -0.4 is 5.56 Å². The number of rotatable bonds is 5. The fourth-order valence-electron chi connectivity index (χ4n) is 3.70. The Morgan fingerprint density at radius 3 is 2.52 bits per heavy atom. The minimum atomic E-state index is -0.0659. The van der Waals surface area contributed by atoms with Gasteiger partial charge in [0.25, 0.3) is 5.56 Å². The standard InChI is InChI=1S/C25H17N5OS2/c31-23-20-14-21(17-8-3-1-4-9-17)33-22(20)28-25(30(23)19-10-5-2-6-11-19)32-16-18-15-29-13-7-12-26-24(29)27-18/h1-15H,16H2. The average molecular weight is 468 g/mol. The number of benzene rings is 2. The van der Waals surface area contributed by atoms with Crippen LogP contribution in [0, 0.1) is 0 Å². The maximum Gasteiger partial charge on any atom is 0.267 e. The van der Waals surface area contributed by atoms with Crippen LogP contribution in [0.3, 0.4) is 0 Å². The Hall–Kier alpha value is -3.75. The highest BCUT2D eigenvalue weighted by molar-refractivity contribution is 7.98. The molecular weight excluding hydrogens is 450 g/mol. The van der Waals surface area contributed by atoms with Gasteiger partial charge in [-0.2, -0.15) is 0 Å². The second kappa shape index (κ2) is 8.31. The number of hydrogen-bond donors (Lipinski definition) is 0. The van der Waals surface area contributed by atoms with E-state index in [1.54, 1.807) is 22.1 Å². The Morgan fingerprint density at radius 1 is 0.939 bits per heavy atom. The lowest BCUT2D eigenvalue weighted by atomic mass is 10.2. The zero-order valence-electron chi connectivity index (χ0n) is 17.3. The Balaban J connectivity index is 1.46. The van der Waals surface area contributed by atoms with Crippen LogP contribution in [0.4, 0.5) is 0 Å². The van der Waals surface area contributed by atoms with Gasteiger partial charge in [-0.25, -0.2) is 15.0 Å². The van der Waals surface area contributed by atoms with E-state index in [0.717, 1.165) is 26.7 Å². The summed E-state index contributed by atoms with van der Waals surface area (Å²) in [4.78, 5) is 29.2. The quantitative estimate of drug-likeness (QED) is 0.249. The maximum atomic E-state index is 13.6. The Labute approximate surface area is 197 Å². The fraction of sp³-hybridized carbons (Fsp3) is 0.0400. The van der Waals surface area contributed by atoms with Gasteiger partial charge in [0.2, 0.25) is 5.78 Å². The van der Waals surface area contributed by atoms with E-state index in [-0.39, 0.29) is 5.56 Å². The third kappa shape index (κ3) is 3.73. The van der Waals surface area contributed by atoms with Crippen LogP contribution in [0.1, 0.15) is 5.69 Å². The van der Waals surface area contributed by atoms with E-state index in [9.17, 15) is 4.79 Å². The number of aromatic nitrogens is 5. The summed E-state index contributed by atoms with van der Waals surface area (Å²) in [7, 11) is 0. The number of imidazole rings is 1. The summed E-state index contributed by atoms with van der Waals surface area (Å²) in [6, 6.07) is 23.6. The number of para-hydroxylation sites is 1. The number of fused-ring (bicyclic) bond motifs is 2. The summed E-state index contributed by atoms with van der Waals surface area (Å²) >= 11 is 3.04. The lowest BCUT2D eigenvalue weighted by Gasteiger charge is -2.11. The van der Waals surface area contributed by atoms with Gasteiger partial charge in [0.05, 0.1) is 16.8 Å². The minimum Gasteiger partial charge on any atom is -0.291 e. The van der Waals surface area contributed by atoms with Gasteiger partial charge in [0, 0.05) is 29.2 Å². The molecule has 0 aliphatic carbocycles. The van der Waals surface area contributed by atoms with Crippen molar-refractivity contribution in [2.75, 3.05) is 0 Å². The van der Waals surface area contributed by atoms with Crippen molar-refractivity contribution in [3.63, 3.8) is 0 Å². The number of hydrogen-bond acceptors (Lipinski definition) is 6. The molecule has 8 heteroatoms. The molecule has 0 radical (unpaired) electrons. The first-order valence-corrected chi connectivity index (χ1v) is 12.2. The van der Waals surface area contributed by atoms with Crippen LogP contribution in [0.5, 0.6) is 0 Å². The van der Waals surface area contributed by atoms with Gasteiger partial charge in [-0.1, -0.05) is 60.3 Å². The highest BCUT2D eigenvalue weighted by Gasteiger charge is 2.17. The number of nitrogens with zero attached hydrogens (tertiary/aromatic N) is 5. The topological polar surface area (TPSA) is 65.1 Å². The van der Waals surface area contributed by atoms with Gasteiger partial charge >= 0.3 is 0 Å². The van der Waals surface area contributed by atoms with Crippen molar-refractivity contribution in [2.45, 2.75) is 10.9 Å². The predicted octanol–water partition coefficient (Wildman–Crippen LogP) is 5.45. The zero-order chi connectivity index (χ0) is 22.2. The minimum absolute atomic E-state index is 0.0659. The lowest BCUT2D eigenvalue weighted by molar-refractivity contribution is 0.822. The molecule has 0 saturated heterocycles. The predicted molar refractivity (Wildman–Crippen MR) is 133 cm³/mol. The molecule has 0 amide bonds. The molecule has 0 atom stereocenters. The molecule has 0 saturated carbocycles. The third-order valence-corrected chi connectivity index (χ3v) is 7.29. The van der Waals surface area contributed by atoms with E-state index < -0.39 is 0 Å². The first-order valence-electron chi connectivity index (χ1n) is 10.3. The molecule has 4 heterocycles. The highest BCUT2D eigenvalue weighted by Crippen LogP contribution is 2.33. The molecule has 6 aromatic rings. The van der Waals surface area contributed by atoms with Crippen LogP contribution in [0.15, 0.2) is 101 Å². The van der Waals surface area contributed by atoms with E-state index in [4.69, 9.17) is 4.98 Å². The summed E-state index contributed by atoms with van der Waals surface area (Å²) in [6.45, 7) is 0. The molecule has 0 aliphatic rings. The summed E-state index contributed by atoms with van der Waals surface area (Å²) in [6.07, 6.45) is 5.60. The first kappa shape index (κ1) is 19.9. The van der Waals surface area contributed by atoms with Crippen LogP contribution in [-0.4, -0.2) is 23.9 Å². The third-order valence-electron chi connectivity index (χ3n) is 5.24. The van der Waals surface area contributed by atoms with Crippen molar-refractivity contribution in [2.24, 2.45) is 0 Å². The Kier molecular flexibility index (Phi) is 5.01. The van der Waals surface area contributed by atoms with Crippen LogP contribution in [-0.2, 0) is 5.75 Å². The summed E-state index contributed by atoms with van der Waals surface area (Å²) in [5.41, 5.74) is 2.69. The zero-order valence-corrected chi connectivity index (χ0v) is 19.0. The van der Waals surface area contributed by atoms with Crippen LogP contribution in [0.2, 0.25) is 0 Å². The second-order valence-electron chi connectivity index (χ2n) is 7.41. The fourth-order valence-corrected chi connectivity index (χ4v) is 5.67. The monoisotopic (exact) mass is 467 g/mol. The van der Waals surface area contributed by atoms with Crippen molar-refractivity contribution in [1.82, 2.24) is 23.9 Å². The largest absolute Gasteiger partial charge is 0.291 e. The molecule has 0 aliphatic heterocycles. The average Bonchev–Trinajstić information content (AvgIpc) is 3.48. The van der Waals surface area contributed by atoms with Crippen LogP contribution >= 0.6 is 23.1 Å². The smallest absolute Gasteiger partial charge is 0.267 e. The van der Waals surface area contributed by atoms with E-state index in [1.807, 2.05) is 89.6 Å². The Morgan fingerprint density at radius 2 is 1.73 bits per heavy atom. The lowest BCUT2D eigenvalue weighted by Crippen LogP contribution is -2.21. The van der Waals surface area contributed by atoms with Crippen molar-refractivity contribution >= 4 is 39.1 Å². The highest BCUT2D eigenvalue weighted by atomic mass is 32.2. The molecule has 0 unspecified atom stereocenters. The second-order valence-corrected chi connectivity index (χ2v) is 9.39. The van der Waals surface area contributed by atoms with E-state index in [2.05, 4.69) is 9.97 Å². The van der Waals surface area contributed by atoms with Crippen molar-refractivity contribution < 1.29 is 0 Å². The number of thiophene rings is 1. The van der Waals surface area contributed by atoms with E-state index in [0.29, 0.717) is 22.1 Å². The maximum absolute atomic E-state index is 13.6. The van der Waals surface area contributed by atoms with Gasteiger partial charge in [-0.3, -0.25) is 13.8 Å². The molecule has 0 fully saturated rings. The molecule has 6 nitrogen and oxygen atoms in total. The molecular formula is C25H17N5OS2. The molecule has 2 aromatic carbocycles. The molecule has 160 valence electrons. The normalized spacial score (nSPS) is 11.4. The van der Waals surface area contributed by atoms with Crippen molar-refractivity contribution in [1.29, 1.82) is 0 Å². The van der Waals surface area contributed by atoms with Gasteiger partial charge < -0.3 is 0 Å². The van der Waals surface area contributed by atoms with Gasteiger partial charge in [0.15, 0.2) is 5.16 Å². The number of thioether (sulfide) groups is 1. The van der Waals surface area contributed by atoms with Gasteiger partial charge in [0.1, 0.15) is 4.83 Å². The van der Waals surface area contributed by atoms with E-state index in [1.165, 1.54) is 11.8 Å². The molecule has 6 rings (SSSR count). The molecule has 0 bridgehead atoms. The molecule has 4 aromatic heterocycles. The SMILES string of the molecule is O=c1c2cc(-c3ccccc3)sc2nc(SCc2cn3cccnc3n2)n1-c1ccccc1. The molecule has 0 N–H and O–H groups in total.